The van der Waals surface area contributed by atoms with Gasteiger partial charge in [0, 0.05) is 5.56 Å². The van der Waals surface area contributed by atoms with E-state index in [1.54, 1.807) is 6.07 Å². The minimum absolute atomic E-state index is 0.158. The van der Waals surface area contributed by atoms with E-state index in [0.29, 0.717) is 26.3 Å². The molecule has 0 amide bonds. The zero-order valence-corrected chi connectivity index (χ0v) is 11.2. The third-order valence-electron chi connectivity index (χ3n) is 2.07. The fourth-order valence-corrected chi connectivity index (χ4v) is 2.21. The third kappa shape index (κ3) is 2.66. The van der Waals surface area contributed by atoms with Gasteiger partial charge in [0.05, 0.1) is 32.0 Å². The van der Waals surface area contributed by atoms with E-state index in [-0.39, 0.29) is 5.02 Å². The summed E-state index contributed by atoms with van der Waals surface area (Å²) in [5.74, 6) is -0.519. The molecule has 0 aliphatic carbocycles. The van der Waals surface area contributed by atoms with Gasteiger partial charge in [-0.3, -0.25) is 4.98 Å². The van der Waals surface area contributed by atoms with Crippen molar-refractivity contribution in [2.24, 2.45) is 0 Å². The van der Waals surface area contributed by atoms with Crippen LogP contribution in [-0.4, -0.2) is 4.98 Å². The number of halogens is 5. The van der Waals surface area contributed by atoms with Crippen LogP contribution in [0.2, 0.25) is 20.1 Å². The number of benzene rings is 1. The average molecular weight is 311 g/mol. The Balaban J connectivity index is 2.64. The van der Waals surface area contributed by atoms with Crippen LogP contribution in [-0.2, 0) is 0 Å². The van der Waals surface area contributed by atoms with E-state index in [0.717, 1.165) is 12.3 Å². The van der Waals surface area contributed by atoms with Crippen LogP contribution in [0.15, 0.2) is 24.4 Å². The summed E-state index contributed by atoms with van der Waals surface area (Å²) in [6.45, 7) is 0. The van der Waals surface area contributed by atoms with Crippen molar-refractivity contribution in [1.82, 2.24) is 4.98 Å². The summed E-state index contributed by atoms with van der Waals surface area (Å²) in [7, 11) is 0. The van der Waals surface area contributed by atoms with E-state index in [1.165, 1.54) is 6.07 Å². The number of aromatic nitrogens is 1. The van der Waals surface area contributed by atoms with Crippen molar-refractivity contribution in [3.63, 3.8) is 0 Å². The van der Waals surface area contributed by atoms with E-state index in [1.807, 2.05) is 0 Å². The number of rotatable bonds is 1. The molecular weight excluding hydrogens is 307 g/mol. The lowest BCUT2D eigenvalue weighted by molar-refractivity contribution is 0.622. The van der Waals surface area contributed by atoms with Crippen molar-refractivity contribution >= 4 is 46.4 Å². The normalized spacial score (nSPS) is 10.6. The Morgan fingerprint density at radius 3 is 2.12 bits per heavy atom. The molecule has 0 radical (unpaired) electrons. The Bertz CT molecular complexity index is 586. The maximum atomic E-state index is 12.9. The van der Waals surface area contributed by atoms with Crippen LogP contribution in [0.4, 0.5) is 4.39 Å². The van der Waals surface area contributed by atoms with Crippen LogP contribution >= 0.6 is 46.4 Å². The van der Waals surface area contributed by atoms with Gasteiger partial charge in [-0.25, -0.2) is 4.39 Å². The van der Waals surface area contributed by atoms with Gasteiger partial charge >= 0.3 is 0 Å². The van der Waals surface area contributed by atoms with E-state index < -0.39 is 5.82 Å². The lowest BCUT2D eigenvalue weighted by Crippen LogP contribution is -1.88. The second kappa shape index (κ2) is 4.99. The minimum Gasteiger partial charge on any atom is -0.252 e. The van der Waals surface area contributed by atoms with E-state index in [4.69, 9.17) is 46.4 Å². The van der Waals surface area contributed by atoms with Gasteiger partial charge in [-0.05, 0) is 18.2 Å². The quantitative estimate of drug-likeness (QED) is 0.634. The van der Waals surface area contributed by atoms with Crippen molar-refractivity contribution in [3.05, 3.63) is 50.3 Å². The Morgan fingerprint density at radius 1 is 0.824 bits per heavy atom. The number of nitrogens with zero attached hydrogens (tertiary/aromatic N) is 1. The third-order valence-corrected chi connectivity index (χ3v) is 3.40. The molecule has 88 valence electrons. The first-order chi connectivity index (χ1) is 7.99. The van der Waals surface area contributed by atoms with Gasteiger partial charge in [-0.1, -0.05) is 46.4 Å². The molecule has 0 fully saturated rings. The van der Waals surface area contributed by atoms with Crippen LogP contribution < -0.4 is 0 Å². The molecule has 1 aromatic carbocycles. The monoisotopic (exact) mass is 309 g/mol. The molecule has 1 aromatic heterocycles. The van der Waals surface area contributed by atoms with Gasteiger partial charge in [0.15, 0.2) is 0 Å². The van der Waals surface area contributed by atoms with Gasteiger partial charge in [-0.15, -0.1) is 0 Å². The second-order valence-corrected chi connectivity index (χ2v) is 4.86. The molecule has 6 heteroatoms. The fourth-order valence-electron chi connectivity index (χ4n) is 1.32. The summed E-state index contributed by atoms with van der Waals surface area (Å²) in [6.07, 6.45) is 1.06. The first kappa shape index (κ1) is 12.9. The summed E-state index contributed by atoms with van der Waals surface area (Å²) in [5.41, 5.74) is 0.864. The molecule has 0 aliphatic rings. The molecule has 0 aliphatic heterocycles. The molecule has 0 unspecified atom stereocenters. The van der Waals surface area contributed by atoms with Crippen molar-refractivity contribution in [2.75, 3.05) is 0 Å². The van der Waals surface area contributed by atoms with Gasteiger partial charge in [-0.2, -0.15) is 0 Å². The first-order valence-electron chi connectivity index (χ1n) is 4.45. The van der Waals surface area contributed by atoms with Crippen LogP contribution in [0.3, 0.4) is 0 Å². The van der Waals surface area contributed by atoms with Crippen LogP contribution in [0, 0.1) is 5.82 Å². The first-order valence-corrected chi connectivity index (χ1v) is 5.96. The lowest BCUT2D eigenvalue weighted by atomic mass is 10.1. The van der Waals surface area contributed by atoms with Crippen LogP contribution in [0.25, 0.3) is 11.3 Å². The van der Waals surface area contributed by atoms with Crippen molar-refractivity contribution in [1.29, 1.82) is 0 Å². The van der Waals surface area contributed by atoms with Crippen LogP contribution in [0.1, 0.15) is 0 Å². The van der Waals surface area contributed by atoms with Crippen molar-refractivity contribution in [2.45, 2.75) is 0 Å². The predicted molar refractivity (Wildman–Crippen MR) is 69.7 cm³/mol. The summed E-state index contributed by atoms with van der Waals surface area (Å²) in [4.78, 5) is 3.89. The molecule has 0 N–H and O–H groups in total. The van der Waals surface area contributed by atoms with Gasteiger partial charge in [0.25, 0.3) is 0 Å². The Hall–Kier alpha value is -0.540. The standard InChI is InChI=1S/C11H4Cl4FN/c12-7-3-9(14)8(13)2-6(7)11-10(15)1-5(16)4-17-11/h1-4H. The molecule has 1 nitrogen and oxygen atoms in total. The number of hydrogen-bond acceptors (Lipinski definition) is 1. The molecule has 2 rings (SSSR count). The molecule has 0 spiro atoms. The molecule has 17 heavy (non-hydrogen) atoms. The molecule has 1 heterocycles. The molecule has 2 aromatic rings. The molecule has 0 bridgehead atoms. The smallest absolute Gasteiger partial charge is 0.143 e. The summed E-state index contributed by atoms with van der Waals surface area (Å²) in [6, 6.07) is 4.18. The van der Waals surface area contributed by atoms with E-state index in [2.05, 4.69) is 4.98 Å². The Morgan fingerprint density at radius 2 is 1.47 bits per heavy atom. The predicted octanol–water partition coefficient (Wildman–Crippen LogP) is 5.50. The molecule has 0 saturated heterocycles. The summed E-state index contributed by atoms with van der Waals surface area (Å²) < 4.78 is 12.9. The Labute approximate surface area is 117 Å². The largest absolute Gasteiger partial charge is 0.252 e. The van der Waals surface area contributed by atoms with Crippen molar-refractivity contribution in [3.8, 4) is 11.3 Å². The second-order valence-electron chi connectivity index (χ2n) is 3.23. The molecule has 0 atom stereocenters. The zero-order valence-electron chi connectivity index (χ0n) is 8.15. The fraction of sp³-hybridized carbons (Fsp3) is 0. The maximum Gasteiger partial charge on any atom is 0.143 e. The lowest BCUT2D eigenvalue weighted by Gasteiger charge is -2.07. The topological polar surface area (TPSA) is 12.9 Å². The maximum absolute atomic E-state index is 12.9. The SMILES string of the molecule is Fc1cnc(-c2cc(Cl)c(Cl)cc2Cl)c(Cl)c1. The Kier molecular flexibility index (Phi) is 3.79. The summed E-state index contributed by atoms with van der Waals surface area (Å²) >= 11 is 23.6. The molecular formula is C11H4Cl4FN. The highest BCUT2D eigenvalue weighted by Gasteiger charge is 2.13. The highest BCUT2D eigenvalue weighted by Crippen LogP contribution is 2.37. The highest BCUT2D eigenvalue weighted by atomic mass is 35.5. The van der Waals surface area contributed by atoms with Gasteiger partial charge < -0.3 is 0 Å². The van der Waals surface area contributed by atoms with E-state index >= 15 is 0 Å². The summed E-state index contributed by atoms with van der Waals surface area (Å²) in [5, 5.41) is 1.16. The molecule has 0 saturated carbocycles. The highest BCUT2D eigenvalue weighted by molar-refractivity contribution is 6.44. The minimum atomic E-state index is -0.519. The van der Waals surface area contributed by atoms with Gasteiger partial charge in [0.2, 0.25) is 0 Å². The van der Waals surface area contributed by atoms with Crippen molar-refractivity contribution < 1.29 is 4.39 Å². The average Bonchev–Trinajstić information content (AvgIpc) is 2.24. The zero-order chi connectivity index (χ0) is 12.6. The van der Waals surface area contributed by atoms with Gasteiger partial charge in [0.1, 0.15) is 5.82 Å². The van der Waals surface area contributed by atoms with E-state index in [9.17, 15) is 4.39 Å². The number of hydrogen-bond donors (Lipinski definition) is 0. The van der Waals surface area contributed by atoms with Crippen LogP contribution in [0.5, 0.6) is 0 Å². The number of pyridine rings is 1.